The summed E-state index contributed by atoms with van der Waals surface area (Å²) in [6.45, 7) is 5.00. The molecular formula is C19H26N2O2. The van der Waals surface area contributed by atoms with Crippen molar-refractivity contribution in [1.29, 1.82) is 0 Å². The second kappa shape index (κ2) is 6.34. The normalized spacial score (nSPS) is 28.3. The minimum Gasteiger partial charge on any atom is -0.340 e. The summed E-state index contributed by atoms with van der Waals surface area (Å²) in [5.74, 6) is -0.0326. The lowest BCUT2D eigenvalue weighted by Crippen LogP contribution is -2.46. The lowest BCUT2D eigenvalue weighted by atomic mass is 9.90. The Morgan fingerprint density at radius 2 is 1.87 bits per heavy atom. The molecule has 3 rings (SSSR count). The van der Waals surface area contributed by atoms with Gasteiger partial charge in [0.25, 0.3) is 0 Å². The van der Waals surface area contributed by atoms with Crippen molar-refractivity contribution >= 4 is 11.8 Å². The van der Waals surface area contributed by atoms with Crippen LogP contribution in [-0.4, -0.2) is 41.2 Å². The van der Waals surface area contributed by atoms with Gasteiger partial charge in [-0.3, -0.25) is 9.59 Å². The molecule has 4 nitrogen and oxygen atoms in total. The zero-order valence-electron chi connectivity index (χ0n) is 14.3. The van der Waals surface area contributed by atoms with Gasteiger partial charge in [-0.2, -0.15) is 0 Å². The SMILES string of the molecule is Cc1ccc([C@@H]2[C@H](C(=O)N3CCCC[C@H]3C)CC(=O)N2C)cc1. The molecule has 0 saturated carbocycles. The zero-order chi connectivity index (χ0) is 16.6. The number of carbonyl (C=O) groups is 2. The summed E-state index contributed by atoms with van der Waals surface area (Å²) in [6, 6.07) is 8.36. The molecule has 1 aromatic rings. The van der Waals surface area contributed by atoms with Gasteiger partial charge >= 0.3 is 0 Å². The first kappa shape index (κ1) is 16.0. The van der Waals surface area contributed by atoms with E-state index in [1.807, 2.05) is 18.9 Å². The Balaban J connectivity index is 1.88. The van der Waals surface area contributed by atoms with Crippen molar-refractivity contribution in [3.8, 4) is 0 Å². The molecule has 2 amide bonds. The van der Waals surface area contributed by atoms with Crippen molar-refractivity contribution < 1.29 is 9.59 Å². The van der Waals surface area contributed by atoms with Gasteiger partial charge in [0.1, 0.15) is 0 Å². The first-order valence-electron chi connectivity index (χ1n) is 8.61. The number of nitrogens with zero attached hydrogens (tertiary/aromatic N) is 2. The molecule has 0 unspecified atom stereocenters. The summed E-state index contributed by atoms with van der Waals surface area (Å²) >= 11 is 0. The molecule has 4 heteroatoms. The van der Waals surface area contributed by atoms with Crippen molar-refractivity contribution in [2.24, 2.45) is 5.92 Å². The van der Waals surface area contributed by atoms with E-state index < -0.39 is 0 Å². The van der Waals surface area contributed by atoms with Crippen molar-refractivity contribution in [3.63, 3.8) is 0 Å². The first-order valence-corrected chi connectivity index (χ1v) is 8.61. The number of piperidine rings is 1. The Kier molecular flexibility index (Phi) is 4.42. The number of rotatable bonds is 2. The molecular weight excluding hydrogens is 288 g/mol. The number of carbonyl (C=O) groups excluding carboxylic acids is 2. The van der Waals surface area contributed by atoms with Gasteiger partial charge < -0.3 is 9.80 Å². The molecule has 0 radical (unpaired) electrons. The monoisotopic (exact) mass is 314 g/mol. The smallest absolute Gasteiger partial charge is 0.228 e. The second-order valence-corrected chi connectivity index (χ2v) is 7.05. The van der Waals surface area contributed by atoms with Crippen LogP contribution in [0.5, 0.6) is 0 Å². The third-order valence-corrected chi connectivity index (χ3v) is 5.41. The van der Waals surface area contributed by atoms with E-state index in [0.29, 0.717) is 6.42 Å². The molecule has 1 aromatic carbocycles. The zero-order valence-corrected chi connectivity index (χ0v) is 14.3. The molecule has 0 bridgehead atoms. The van der Waals surface area contributed by atoms with Crippen molar-refractivity contribution in [2.45, 2.75) is 51.6 Å². The third kappa shape index (κ3) is 2.99. The van der Waals surface area contributed by atoms with Gasteiger partial charge in [-0.25, -0.2) is 0 Å². The number of likely N-dealkylation sites (tertiary alicyclic amines) is 2. The van der Waals surface area contributed by atoms with Crippen molar-refractivity contribution in [2.75, 3.05) is 13.6 Å². The Bertz CT molecular complexity index is 596. The van der Waals surface area contributed by atoms with Gasteiger partial charge in [-0.15, -0.1) is 0 Å². The van der Waals surface area contributed by atoms with E-state index in [0.717, 1.165) is 24.9 Å². The number of aryl methyl sites for hydroxylation is 1. The fourth-order valence-electron chi connectivity index (χ4n) is 3.95. The molecule has 0 N–H and O–H groups in total. The molecule has 3 atom stereocenters. The minimum absolute atomic E-state index is 0.0681. The van der Waals surface area contributed by atoms with Gasteiger partial charge in [0.05, 0.1) is 12.0 Å². The van der Waals surface area contributed by atoms with Crippen LogP contribution in [0.4, 0.5) is 0 Å². The molecule has 0 aliphatic carbocycles. The number of hydrogen-bond acceptors (Lipinski definition) is 2. The summed E-state index contributed by atoms with van der Waals surface area (Å²) in [5, 5.41) is 0. The maximum Gasteiger partial charge on any atom is 0.228 e. The average molecular weight is 314 g/mol. The van der Waals surface area contributed by atoms with Crippen LogP contribution in [-0.2, 0) is 9.59 Å². The van der Waals surface area contributed by atoms with Crippen LogP contribution in [0.2, 0.25) is 0 Å². The molecule has 124 valence electrons. The molecule has 2 saturated heterocycles. The standard InChI is InChI=1S/C19H26N2O2/c1-13-7-9-15(10-8-13)18-16(12-17(22)20(18)3)19(23)21-11-5-4-6-14(21)2/h7-10,14,16,18H,4-6,11-12H2,1-3H3/t14-,16-,18-/m1/s1. The van der Waals surface area contributed by atoms with Crippen LogP contribution in [0.3, 0.4) is 0 Å². The molecule has 2 heterocycles. The largest absolute Gasteiger partial charge is 0.340 e. The topological polar surface area (TPSA) is 40.6 Å². The van der Waals surface area contributed by atoms with E-state index in [9.17, 15) is 9.59 Å². The Hall–Kier alpha value is -1.84. The van der Waals surface area contributed by atoms with Gasteiger partial charge in [-0.1, -0.05) is 29.8 Å². The van der Waals surface area contributed by atoms with Crippen molar-refractivity contribution in [3.05, 3.63) is 35.4 Å². The van der Waals surface area contributed by atoms with Crippen LogP contribution in [0.25, 0.3) is 0 Å². The Morgan fingerprint density at radius 1 is 1.17 bits per heavy atom. The summed E-state index contributed by atoms with van der Waals surface area (Å²) in [6.07, 6.45) is 3.66. The van der Waals surface area contributed by atoms with Gasteiger partial charge in [0.2, 0.25) is 11.8 Å². The molecule has 2 aliphatic heterocycles. The highest BCUT2D eigenvalue weighted by atomic mass is 16.2. The number of hydrogen-bond donors (Lipinski definition) is 0. The molecule has 0 spiro atoms. The number of benzene rings is 1. The highest BCUT2D eigenvalue weighted by Crippen LogP contribution is 2.39. The maximum atomic E-state index is 13.1. The van der Waals surface area contributed by atoms with Crippen molar-refractivity contribution in [1.82, 2.24) is 9.80 Å². The highest BCUT2D eigenvalue weighted by molar-refractivity contribution is 5.90. The van der Waals surface area contributed by atoms with Gasteiger partial charge in [0.15, 0.2) is 0 Å². The predicted octanol–water partition coefficient (Wildman–Crippen LogP) is 2.92. The fourth-order valence-corrected chi connectivity index (χ4v) is 3.95. The van der Waals surface area contributed by atoms with E-state index in [1.54, 1.807) is 4.90 Å². The summed E-state index contributed by atoms with van der Waals surface area (Å²) in [4.78, 5) is 29.1. The third-order valence-electron chi connectivity index (χ3n) is 5.41. The predicted molar refractivity (Wildman–Crippen MR) is 89.8 cm³/mol. The molecule has 0 aromatic heterocycles. The summed E-state index contributed by atoms with van der Waals surface area (Å²) < 4.78 is 0. The van der Waals surface area contributed by atoms with E-state index >= 15 is 0 Å². The highest BCUT2D eigenvalue weighted by Gasteiger charge is 2.45. The van der Waals surface area contributed by atoms with Crippen LogP contribution < -0.4 is 0 Å². The lowest BCUT2D eigenvalue weighted by Gasteiger charge is -2.36. The molecule has 23 heavy (non-hydrogen) atoms. The van der Waals surface area contributed by atoms with E-state index in [-0.39, 0.29) is 29.8 Å². The average Bonchev–Trinajstić information content (AvgIpc) is 2.84. The molecule has 2 aliphatic rings. The van der Waals surface area contributed by atoms with Crippen LogP contribution in [0, 0.1) is 12.8 Å². The number of amides is 2. The summed E-state index contributed by atoms with van der Waals surface area (Å²) in [7, 11) is 1.82. The van der Waals surface area contributed by atoms with E-state index in [1.165, 1.54) is 12.0 Å². The lowest BCUT2D eigenvalue weighted by molar-refractivity contribution is -0.139. The first-order chi connectivity index (χ1) is 11.0. The van der Waals surface area contributed by atoms with Crippen LogP contribution >= 0.6 is 0 Å². The van der Waals surface area contributed by atoms with Gasteiger partial charge in [0, 0.05) is 26.1 Å². The Labute approximate surface area is 138 Å². The van der Waals surface area contributed by atoms with E-state index in [2.05, 4.69) is 31.2 Å². The van der Waals surface area contributed by atoms with Crippen LogP contribution in [0.15, 0.2) is 24.3 Å². The van der Waals surface area contributed by atoms with E-state index in [4.69, 9.17) is 0 Å². The van der Waals surface area contributed by atoms with Gasteiger partial charge in [-0.05, 0) is 38.7 Å². The quantitative estimate of drug-likeness (QED) is 0.842. The summed E-state index contributed by atoms with van der Waals surface area (Å²) in [5.41, 5.74) is 2.25. The fraction of sp³-hybridized carbons (Fsp3) is 0.579. The molecule has 2 fully saturated rings. The second-order valence-electron chi connectivity index (χ2n) is 7.05. The maximum absolute atomic E-state index is 13.1. The Morgan fingerprint density at radius 3 is 2.52 bits per heavy atom. The minimum atomic E-state index is -0.254. The van der Waals surface area contributed by atoms with Crippen LogP contribution in [0.1, 0.15) is 49.8 Å².